The Kier molecular flexibility index (Phi) is 6.61. The number of nitrogens with zero attached hydrogens (tertiary/aromatic N) is 2. The van der Waals surface area contributed by atoms with Gasteiger partial charge in [-0.05, 0) is 54.4 Å². The van der Waals surface area contributed by atoms with E-state index in [0.717, 1.165) is 11.1 Å². The molecule has 3 aromatic carbocycles. The Balaban J connectivity index is 1.84. The van der Waals surface area contributed by atoms with Gasteiger partial charge in [-0.1, -0.05) is 24.3 Å². The first-order valence-electron chi connectivity index (χ1n) is 9.35. The van der Waals surface area contributed by atoms with Crippen molar-refractivity contribution in [3.63, 3.8) is 0 Å². The van der Waals surface area contributed by atoms with Gasteiger partial charge in [0.05, 0.1) is 24.1 Å². The van der Waals surface area contributed by atoms with Crippen LogP contribution in [0.5, 0.6) is 5.75 Å². The summed E-state index contributed by atoms with van der Waals surface area (Å²) in [7, 11) is 1.31. The number of non-ortho nitro benzene ring substituents is 1. The number of rotatable bonds is 6. The molecule has 0 atom stereocenters. The maximum atomic E-state index is 13.0. The van der Waals surface area contributed by atoms with E-state index in [1.807, 2.05) is 25.1 Å². The van der Waals surface area contributed by atoms with E-state index in [9.17, 15) is 19.7 Å². The first-order chi connectivity index (χ1) is 14.9. The molecule has 0 heterocycles. The van der Waals surface area contributed by atoms with Gasteiger partial charge in [-0.3, -0.25) is 15.0 Å². The fraction of sp³-hybridized carbons (Fsp3) is 0.130. The maximum Gasteiger partial charge on any atom is 0.420 e. The fourth-order valence-electron chi connectivity index (χ4n) is 2.90. The number of amides is 1. The quantitative estimate of drug-likeness (QED) is 0.320. The summed E-state index contributed by atoms with van der Waals surface area (Å²) in [6.07, 6.45) is -0.642. The van der Waals surface area contributed by atoms with Crippen molar-refractivity contribution in [2.24, 2.45) is 0 Å². The highest BCUT2D eigenvalue weighted by molar-refractivity contribution is 5.90. The third kappa shape index (κ3) is 5.45. The van der Waals surface area contributed by atoms with Gasteiger partial charge >= 0.3 is 12.1 Å². The number of carbonyl (C=O) groups is 2. The number of carbonyl (C=O) groups excluding carboxylic acids is 2. The van der Waals surface area contributed by atoms with E-state index < -0.39 is 17.0 Å². The molecule has 0 unspecified atom stereocenters. The monoisotopic (exact) mass is 420 g/mol. The van der Waals surface area contributed by atoms with Crippen LogP contribution < -0.4 is 9.64 Å². The number of benzene rings is 3. The highest BCUT2D eigenvalue weighted by atomic mass is 16.6. The predicted octanol–water partition coefficient (Wildman–Crippen LogP) is 4.90. The number of methoxy groups -OCH3 is 1. The second-order valence-electron chi connectivity index (χ2n) is 6.73. The molecule has 0 aliphatic rings. The van der Waals surface area contributed by atoms with Gasteiger partial charge < -0.3 is 9.47 Å². The first-order valence-corrected chi connectivity index (χ1v) is 9.35. The lowest BCUT2D eigenvalue weighted by atomic mass is 10.1. The van der Waals surface area contributed by atoms with Gasteiger partial charge in [0.2, 0.25) is 0 Å². The van der Waals surface area contributed by atoms with Crippen LogP contribution in [0.1, 0.15) is 21.5 Å². The van der Waals surface area contributed by atoms with Gasteiger partial charge in [0.15, 0.2) is 0 Å². The number of ether oxygens (including phenoxy) is 2. The molecule has 0 saturated heterocycles. The van der Waals surface area contributed by atoms with Crippen molar-refractivity contribution in [2.75, 3.05) is 12.0 Å². The lowest BCUT2D eigenvalue weighted by Crippen LogP contribution is -2.33. The van der Waals surface area contributed by atoms with E-state index in [2.05, 4.69) is 0 Å². The van der Waals surface area contributed by atoms with Crippen molar-refractivity contribution in [3.8, 4) is 5.75 Å². The van der Waals surface area contributed by atoms with Crippen LogP contribution in [-0.2, 0) is 11.3 Å². The van der Waals surface area contributed by atoms with Crippen molar-refractivity contribution in [1.82, 2.24) is 0 Å². The molecule has 0 radical (unpaired) electrons. The molecule has 3 aromatic rings. The number of hydrogen-bond donors (Lipinski definition) is 0. The number of esters is 1. The Morgan fingerprint density at radius 3 is 2.26 bits per heavy atom. The summed E-state index contributed by atoms with van der Waals surface area (Å²) in [6, 6.07) is 19.4. The molecule has 0 aliphatic carbocycles. The molecule has 0 bridgehead atoms. The van der Waals surface area contributed by atoms with Crippen LogP contribution in [0.3, 0.4) is 0 Å². The summed E-state index contributed by atoms with van der Waals surface area (Å²) in [4.78, 5) is 36.3. The molecular formula is C23H20N2O6. The maximum absolute atomic E-state index is 13.0. The van der Waals surface area contributed by atoms with E-state index in [1.165, 1.54) is 36.3 Å². The second-order valence-corrected chi connectivity index (χ2v) is 6.73. The normalized spacial score (nSPS) is 10.3. The van der Waals surface area contributed by atoms with Crippen LogP contribution in [0.4, 0.5) is 16.2 Å². The molecule has 0 saturated carbocycles. The molecule has 0 N–H and O–H groups in total. The van der Waals surface area contributed by atoms with E-state index in [4.69, 9.17) is 9.47 Å². The number of nitro benzene ring substituents is 1. The lowest BCUT2D eigenvalue weighted by molar-refractivity contribution is -0.384. The molecule has 31 heavy (non-hydrogen) atoms. The van der Waals surface area contributed by atoms with E-state index in [0.29, 0.717) is 11.3 Å². The summed E-state index contributed by atoms with van der Waals surface area (Å²) in [5.41, 5.74) is 2.67. The Hall–Kier alpha value is -4.20. The Morgan fingerprint density at radius 2 is 1.68 bits per heavy atom. The van der Waals surface area contributed by atoms with Crippen LogP contribution in [0.2, 0.25) is 0 Å². The van der Waals surface area contributed by atoms with Gasteiger partial charge in [-0.15, -0.1) is 0 Å². The Morgan fingerprint density at radius 1 is 1.00 bits per heavy atom. The summed E-state index contributed by atoms with van der Waals surface area (Å²) in [5, 5.41) is 10.8. The molecule has 0 aromatic heterocycles. The molecule has 158 valence electrons. The average Bonchev–Trinajstić information content (AvgIpc) is 2.77. The standard InChI is InChI=1S/C23H20N2O6/c1-16-4-3-5-20(14-16)24(15-17-6-8-18(9-7-17)22(26)30-2)23(27)31-21-12-10-19(11-13-21)25(28)29/h3-14H,15H2,1-2H3. The largest absolute Gasteiger partial charge is 0.465 e. The first kappa shape index (κ1) is 21.5. The van der Waals surface area contributed by atoms with Gasteiger partial charge in [0.25, 0.3) is 5.69 Å². The molecule has 0 aliphatic heterocycles. The van der Waals surface area contributed by atoms with Crippen molar-refractivity contribution in [2.45, 2.75) is 13.5 Å². The molecule has 8 heteroatoms. The van der Waals surface area contributed by atoms with Crippen LogP contribution >= 0.6 is 0 Å². The zero-order valence-corrected chi connectivity index (χ0v) is 17.0. The summed E-state index contributed by atoms with van der Waals surface area (Å²) in [6.45, 7) is 2.10. The summed E-state index contributed by atoms with van der Waals surface area (Å²) in [5.74, 6) is -0.256. The number of aryl methyl sites for hydroxylation is 1. The zero-order chi connectivity index (χ0) is 22.4. The SMILES string of the molecule is COC(=O)c1ccc(CN(C(=O)Oc2ccc([N+](=O)[O-])cc2)c2cccc(C)c2)cc1. The number of nitro groups is 1. The lowest BCUT2D eigenvalue weighted by Gasteiger charge is -2.23. The number of hydrogen-bond acceptors (Lipinski definition) is 6. The molecule has 8 nitrogen and oxygen atoms in total. The highest BCUT2D eigenvalue weighted by Gasteiger charge is 2.20. The Labute approximate surface area is 178 Å². The number of anilines is 1. The Bertz CT molecular complexity index is 1090. The minimum Gasteiger partial charge on any atom is -0.465 e. The van der Waals surface area contributed by atoms with Crippen molar-refractivity contribution in [1.29, 1.82) is 0 Å². The third-order valence-corrected chi connectivity index (χ3v) is 4.50. The zero-order valence-electron chi connectivity index (χ0n) is 17.0. The van der Waals surface area contributed by atoms with Crippen LogP contribution in [-0.4, -0.2) is 24.1 Å². The van der Waals surface area contributed by atoms with Crippen molar-refractivity contribution < 1.29 is 24.0 Å². The molecule has 3 rings (SSSR count). The predicted molar refractivity (Wildman–Crippen MR) is 114 cm³/mol. The van der Waals surface area contributed by atoms with Crippen LogP contribution in [0.15, 0.2) is 72.8 Å². The van der Waals surface area contributed by atoms with Gasteiger partial charge in [-0.2, -0.15) is 0 Å². The topological polar surface area (TPSA) is 99.0 Å². The third-order valence-electron chi connectivity index (χ3n) is 4.50. The molecule has 0 spiro atoms. The smallest absolute Gasteiger partial charge is 0.420 e. The van der Waals surface area contributed by atoms with Crippen molar-refractivity contribution >= 4 is 23.4 Å². The highest BCUT2D eigenvalue weighted by Crippen LogP contribution is 2.23. The minimum atomic E-state index is -0.642. The van der Waals surface area contributed by atoms with E-state index >= 15 is 0 Å². The van der Waals surface area contributed by atoms with Crippen LogP contribution in [0.25, 0.3) is 0 Å². The van der Waals surface area contributed by atoms with Gasteiger partial charge in [0, 0.05) is 17.8 Å². The molecular weight excluding hydrogens is 400 g/mol. The fourth-order valence-corrected chi connectivity index (χ4v) is 2.90. The van der Waals surface area contributed by atoms with Crippen LogP contribution in [0, 0.1) is 17.0 Å². The van der Waals surface area contributed by atoms with Gasteiger partial charge in [0.1, 0.15) is 5.75 Å². The second kappa shape index (κ2) is 9.53. The van der Waals surface area contributed by atoms with E-state index in [-0.39, 0.29) is 18.0 Å². The minimum absolute atomic E-state index is 0.0963. The van der Waals surface area contributed by atoms with Crippen molar-refractivity contribution in [3.05, 3.63) is 99.6 Å². The summed E-state index contributed by atoms with van der Waals surface area (Å²) < 4.78 is 10.1. The average molecular weight is 420 g/mol. The van der Waals surface area contributed by atoms with Gasteiger partial charge in [-0.25, -0.2) is 9.59 Å². The molecule has 1 amide bonds. The summed E-state index contributed by atoms with van der Waals surface area (Å²) >= 11 is 0. The van der Waals surface area contributed by atoms with E-state index in [1.54, 1.807) is 30.3 Å². The molecule has 0 fully saturated rings.